The summed E-state index contributed by atoms with van der Waals surface area (Å²) in [5.41, 5.74) is -0.0141. The van der Waals surface area contributed by atoms with Gasteiger partial charge in [0.05, 0.1) is 5.56 Å². The summed E-state index contributed by atoms with van der Waals surface area (Å²) in [5, 5.41) is 3.93. The van der Waals surface area contributed by atoms with Crippen molar-refractivity contribution >= 4 is 5.78 Å². The standard InChI is InChI=1S/C14H15F2N3O2/c1-3-4-10(20)8-21-14-17-13(19(2)18-14)11-7-9(15)5-6-12(11)16/h5-7H,3-4,8H2,1-2H3. The predicted molar refractivity (Wildman–Crippen MR) is 71.8 cm³/mol. The average molecular weight is 295 g/mol. The molecule has 2 rings (SSSR count). The number of nitrogens with zero attached hydrogens (tertiary/aromatic N) is 3. The highest BCUT2D eigenvalue weighted by atomic mass is 19.1. The van der Waals surface area contributed by atoms with E-state index in [0.29, 0.717) is 6.42 Å². The lowest BCUT2D eigenvalue weighted by Crippen LogP contribution is -2.11. The maximum absolute atomic E-state index is 13.7. The van der Waals surface area contributed by atoms with Crippen molar-refractivity contribution in [1.82, 2.24) is 14.8 Å². The second-order valence-electron chi connectivity index (χ2n) is 4.54. The number of Topliss-reactive ketones (excluding diaryl/α,β-unsaturated/α-hetero) is 1. The Kier molecular flexibility index (Phi) is 4.62. The van der Waals surface area contributed by atoms with Crippen molar-refractivity contribution in [2.45, 2.75) is 19.8 Å². The number of hydrogen-bond acceptors (Lipinski definition) is 4. The summed E-state index contributed by atoms with van der Waals surface area (Å²) in [6.07, 6.45) is 1.15. The lowest BCUT2D eigenvalue weighted by Gasteiger charge is -2.01. The number of hydrogen-bond donors (Lipinski definition) is 0. The average Bonchev–Trinajstić information content (AvgIpc) is 2.81. The Hall–Kier alpha value is -2.31. The molecule has 0 saturated heterocycles. The maximum atomic E-state index is 13.7. The van der Waals surface area contributed by atoms with E-state index in [9.17, 15) is 13.6 Å². The van der Waals surface area contributed by atoms with Crippen molar-refractivity contribution in [2.24, 2.45) is 7.05 Å². The van der Waals surface area contributed by atoms with Gasteiger partial charge in [-0.3, -0.25) is 4.79 Å². The molecule has 0 aliphatic heterocycles. The smallest absolute Gasteiger partial charge is 0.336 e. The van der Waals surface area contributed by atoms with Gasteiger partial charge in [-0.15, -0.1) is 5.10 Å². The van der Waals surface area contributed by atoms with E-state index in [1.807, 2.05) is 6.92 Å². The molecular formula is C14H15F2N3O2. The summed E-state index contributed by atoms with van der Waals surface area (Å²) >= 11 is 0. The summed E-state index contributed by atoms with van der Waals surface area (Å²) in [6.45, 7) is 1.75. The highest BCUT2D eigenvalue weighted by Crippen LogP contribution is 2.23. The number of ketones is 1. The quantitative estimate of drug-likeness (QED) is 0.821. The van der Waals surface area contributed by atoms with Crippen LogP contribution in [0.25, 0.3) is 11.4 Å². The van der Waals surface area contributed by atoms with Crippen LogP contribution in [0.1, 0.15) is 19.8 Å². The summed E-state index contributed by atoms with van der Waals surface area (Å²) in [7, 11) is 1.54. The van der Waals surface area contributed by atoms with E-state index in [0.717, 1.165) is 24.6 Å². The molecule has 7 heteroatoms. The highest BCUT2D eigenvalue weighted by Gasteiger charge is 2.15. The van der Waals surface area contributed by atoms with Crippen LogP contribution in [-0.4, -0.2) is 27.2 Å². The molecule has 0 saturated carbocycles. The Morgan fingerprint density at radius 3 is 2.86 bits per heavy atom. The van der Waals surface area contributed by atoms with Crippen LogP contribution in [0.3, 0.4) is 0 Å². The molecule has 0 bridgehead atoms. The first-order valence-corrected chi connectivity index (χ1v) is 6.52. The normalized spacial score (nSPS) is 10.7. The van der Waals surface area contributed by atoms with Crippen LogP contribution in [0.4, 0.5) is 8.78 Å². The molecule has 0 aliphatic carbocycles. The van der Waals surface area contributed by atoms with Crippen molar-refractivity contribution in [3.05, 3.63) is 29.8 Å². The molecule has 0 atom stereocenters. The number of aryl methyl sites for hydroxylation is 1. The van der Waals surface area contributed by atoms with Crippen LogP contribution < -0.4 is 4.74 Å². The molecule has 21 heavy (non-hydrogen) atoms. The van der Waals surface area contributed by atoms with Crippen LogP contribution in [0.2, 0.25) is 0 Å². The van der Waals surface area contributed by atoms with Gasteiger partial charge in [-0.2, -0.15) is 4.98 Å². The molecule has 0 spiro atoms. The number of ether oxygens (including phenoxy) is 1. The molecule has 0 aliphatic rings. The van der Waals surface area contributed by atoms with E-state index in [-0.39, 0.29) is 29.8 Å². The Bertz CT molecular complexity index is 656. The number of carbonyl (C=O) groups is 1. The van der Waals surface area contributed by atoms with Gasteiger partial charge in [-0.1, -0.05) is 6.92 Å². The SMILES string of the molecule is CCCC(=O)COc1nc(-c2cc(F)ccc2F)n(C)n1. The van der Waals surface area contributed by atoms with Crippen molar-refractivity contribution in [3.63, 3.8) is 0 Å². The zero-order chi connectivity index (χ0) is 15.4. The minimum Gasteiger partial charge on any atom is -0.454 e. The third-order valence-electron chi connectivity index (χ3n) is 2.80. The molecule has 1 aromatic heterocycles. The van der Waals surface area contributed by atoms with Gasteiger partial charge >= 0.3 is 6.01 Å². The van der Waals surface area contributed by atoms with Crippen LogP contribution in [0.15, 0.2) is 18.2 Å². The highest BCUT2D eigenvalue weighted by molar-refractivity contribution is 5.79. The number of halogens is 2. The fourth-order valence-corrected chi connectivity index (χ4v) is 1.82. The minimum absolute atomic E-state index is 0.0141. The molecule has 112 valence electrons. The molecule has 0 radical (unpaired) electrons. The Morgan fingerprint density at radius 1 is 1.38 bits per heavy atom. The minimum atomic E-state index is -0.611. The summed E-state index contributed by atoms with van der Waals surface area (Å²) in [5.74, 6) is -1.12. The Labute approximate surface area is 120 Å². The number of benzene rings is 1. The molecule has 1 heterocycles. The van der Waals surface area contributed by atoms with E-state index in [1.54, 1.807) is 0 Å². The molecule has 2 aromatic rings. The monoisotopic (exact) mass is 295 g/mol. The van der Waals surface area contributed by atoms with Crippen LogP contribution in [0, 0.1) is 11.6 Å². The van der Waals surface area contributed by atoms with Gasteiger partial charge in [-0.05, 0) is 24.6 Å². The number of carbonyl (C=O) groups excluding carboxylic acids is 1. The van der Waals surface area contributed by atoms with Gasteiger partial charge in [0.1, 0.15) is 18.2 Å². The predicted octanol–water partition coefficient (Wildman–Crippen LogP) is 2.51. The van der Waals surface area contributed by atoms with E-state index < -0.39 is 11.6 Å². The fraction of sp³-hybridized carbons (Fsp3) is 0.357. The van der Waals surface area contributed by atoms with Crippen LogP contribution >= 0.6 is 0 Å². The van der Waals surface area contributed by atoms with E-state index in [4.69, 9.17) is 4.74 Å². The fourth-order valence-electron chi connectivity index (χ4n) is 1.82. The van der Waals surface area contributed by atoms with Crippen molar-refractivity contribution in [2.75, 3.05) is 6.61 Å². The van der Waals surface area contributed by atoms with E-state index >= 15 is 0 Å². The third-order valence-corrected chi connectivity index (χ3v) is 2.80. The molecule has 0 amide bonds. The number of rotatable bonds is 6. The molecule has 0 unspecified atom stereocenters. The zero-order valence-electron chi connectivity index (χ0n) is 11.8. The topological polar surface area (TPSA) is 57.0 Å². The lowest BCUT2D eigenvalue weighted by molar-refractivity contribution is -0.121. The van der Waals surface area contributed by atoms with Gasteiger partial charge in [0.25, 0.3) is 0 Å². The summed E-state index contributed by atoms with van der Waals surface area (Å²) in [6, 6.07) is 3.03. The van der Waals surface area contributed by atoms with Crippen LogP contribution in [0.5, 0.6) is 6.01 Å². The lowest BCUT2D eigenvalue weighted by atomic mass is 10.2. The summed E-state index contributed by atoms with van der Waals surface area (Å²) < 4.78 is 33.4. The van der Waals surface area contributed by atoms with Gasteiger partial charge < -0.3 is 4.74 Å². The summed E-state index contributed by atoms with van der Waals surface area (Å²) in [4.78, 5) is 15.4. The third kappa shape index (κ3) is 3.62. The number of aromatic nitrogens is 3. The van der Waals surface area contributed by atoms with Crippen molar-refractivity contribution < 1.29 is 18.3 Å². The first kappa shape index (κ1) is 15.1. The van der Waals surface area contributed by atoms with Gasteiger partial charge in [0, 0.05) is 13.5 Å². The zero-order valence-corrected chi connectivity index (χ0v) is 11.8. The molecular weight excluding hydrogens is 280 g/mol. The van der Waals surface area contributed by atoms with Crippen LogP contribution in [-0.2, 0) is 11.8 Å². The van der Waals surface area contributed by atoms with Gasteiger partial charge in [-0.25, -0.2) is 13.5 Å². The van der Waals surface area contributed by atoms with Gasteiger partial charge in [0.15, 0.2) is 11.6 Å². The molecule has 0 N–H and O–H groups in total. The molecule has 5 nitrogen and oxygen atoms in total. The second kappa shape index (κ2) is 6.43. The van der Waals surface area contributed by atoms with Crippen molar-refractivity contribution in [3.8, 4) is 17.4 Å². The first-order valence-electron chi connectivity index (χ1n) is 6.52. The Morgan fingerprint density at radius 2 is 2.14 bits per heavy atom. The second-order valence-corrected chi connectivity index (χ2v) is 4.54. The molecule has 0 fully saturated rings. The first-order chi connectivity index (χ1) is 10.0. The largest absolute Gasteiger partial charge is 0.454 e. The Balaban J connectivity index is 2.19. The van der Waals surface area contributed by atoms with Gasteiger partial charge in [0.2, 0.25) is 0 Å². The van der Waals surface area contributed by atoms with Crippen molar-refractivity contribution in [1.29, 1.82) is 0 Å². The molecule has 1 aromatic carbocycles. The van der Waals surface area contributed by atoms with E-state index in [1.165, 1.54) is 11.7 Å². The van der Waals surface area contributed by atoms with E-state index in [2.05, 4.69) is 10.1 Å². The maximum Gasteiger partial charge on any atom is 0.336 e.